The average Bonchev–Trinajstić information content (AvgIpc) is 3.56. The van der Waals surface area contributed by atoms with E-state index in [0.29, 0.717) is 84.6 Å². The number of aliphatic carboxylic acids is 1. The van der Waals surface area contributed by atoms with Crippen LogP contribution < -0.4 is 19.4 Å². The Kier molecular flexibility index (Phi) is 15.3. The minimum absolute atomic E-state index is 0.0565. The Hall–Kier alpha value is -4.84. The summed E-state index contributed by atoms with van der Waals surface area (Å²) in [6.07, 6.45) is 7.61. The average molecular weight is 742 g/mol. The van der Waals surface area contributed by atoms with E-state index in [4.69, 9.17) is 19.6 Å². The van der Waals surface area contributed by atoms with Gasteiger partial charge in [0.05, 0.1) is 39.7 Å². The number of nitrogens with zero attached hydrogens (tertiary/aromatic N) is 7. The van der Waals surface area contributed by atoms with E-state index in [1.807, 2.05) is 19.9 Å². The Morgan fingerprint density at radius 2 is 1.57 bits per heavy atom. The number of aliphatic hydroxyl groups excluding tert-OH is 4. The molecule has 2 aromatic heterocycles. The number of benzene rings is 1. The molecule has 17 nitrogen and oxygen atoms in total. The van der Waals surface area contributed by atoms with Crippen molar-refractivity contribution in [2.75, 3.05) is 87.5 Å². The van der Waals surface area contributed by atoms with E-state index >= 15 is 0 Å². The minimum atomic E-state index is -0.853. The van der Waals surface area contributed by atoms with Gasteiger partial charge in [0.1, 0.15) is 34.7 Å². The number of aliphatic hydroxyl groups is 4. The number of fused-ring (bicyclic) bond motifs is 2. The van der Waals surface area contributed by atoms with Crippen molar-refractivity contribution in [1.82, 2.24) is 19.9 Å². The molecule has 53 heavy (non-hydrogen) atoms. The van der Waals surface area contributed by atoms with Gasteiger partial charge >= 0.3 is 11.9 Å². The molecule has 0 unspecified atom stereocenters. The summed E-state index contributed by atoms with van der Waals surface area (Å²) in [7, 11) is 1.51. The van der Waals surface area contributed by atoms with E-state index in [9.17, 15) is 35.1 Å². The monoisotopic (exact) mass is 741 g/mol. The first-order valence-electron chi connectivity index (χ1n) is 17.8. The van der Waals surface area contributed by atoms with Gasteiger partial charge in [-0.1, -0.05) is 11.6 Å². The fourth-order valence-electron chi connectivity index (χ4n) is 6.33. The van der Waals surface area contributed by atoms with E-state index in [1.54, 1.807) is 16.0 Å². The number of carbonyl (C=O) groups excluding carboxylic acids is 1. The number of phenolic OH excluding ortho intramolecular Hbond substituents is 1. The first-order valence-corrected chi connectivity index (χ1v) is 17.8. The molecule has 290 valence electrons. The molecule has 1 aromatic carbocycles. The van der Waals surface area contributed by atoms with E-state index in [2.05, 4.69) is 19.9 Å². The van der Waals surface area contributed by atoms with Crippen molar-refractivity contribution in [2.45, 2.75) is 59.0 Å². The summed E-state index contributed by atoms with van der Waals surface area (Å²) in [5.74, 6) is 0.555. The van der Waals surface area contributed by atoms with E-state index in [1.165, 1.54) is 13.5 Å². The summed E-state index contributed by atoms with van der Waals surface area (Å²) in [6.45, 7) is 6.46. The summed E-state index contributed by atoms with van der Waals surface area (Å²) in [4.78, 5) is 46.5. The predicted molar refractivity (Wildman–Crippen MR) is 197 cm³/mol. The van der Waals surface area contributed by atoms with Gasteiger partial charge in [-0.3, -0.25) is 4.79 Å². The van der Waals surface area contributed by atoms with Gasteiger partial charge in [-0.05, 0) is 51.5 Å². The number of carboxylic acids is 1. The van der Waals surface area contributed by atoms with Gasteiger partial charge in [0.15, 0.2) is 5.82 Å². The standard InChI is InChI=1S/C19H31N7O4.C17H20O6/c27-10-6-25(7-11-28)18-20-14-15-16(22-18)17(24-4-2-1-3-5-24)23-19(21-15)26(8-12-29)9-13-30;1-9(5-7-13(18)19)4-6-11-15(20)14-12(8-23-17(14)21)10(2)16(11)22-3/h14,27-30H,1-13H2;4,20H,5-8H2,1-3H3,(H,18,19)/b;9-4+. The number of rotatable bonds is 17. The van der Waals surface area contributed by atoms with Gasteiger partial charge in [0.2, 0.25) is 11.9 Å². The largest absolute Gasteiger partial charge is 0.507 e. The third kappa shape index (κ3) is 10.2. The van der Waals surface area contributed by atoms with Crippen LogP contribution >= 0.6 is 0 Å². The molecular weight excluding hydrogens is 690 g/mol. The molecule has 5 rings (SSSR count). The number of methoxy groups -OCH3 is 1. The van der Waals surface area contributed by atoms with Crippen LogP contribution in [0.5, 0.6) is 11.5 Å². The normalized spacial score (nSPS) is 14.1. The molecule has 1 fully saturated rings. The van der Waals surface area contributed by atoms with Crippen molar-refractivity contribution in [3.05, 3.63) is 40.1 Å². The van der Waals surface area contributed by atoms with Gasteiger partial charge in [0.25, 0.3) is 0 Å². The molecule has 0 amide bonds. The molecule has 2 aliphatic rings. The van der Waals surface area contributed by atoms with Gasteiger partial charge in [-0.25, -0.2) is 19.7 Å². The number of hydrogen-bond donors (Lipinski definition) is 6. The Bertz CT molecular complexity index is 1740. The molecule has 0 radical (unpaired) electrons. The van der Waals surface area contributed by atoms with E-state index in [-0.39, 0.29) is 50.8 Å². The topological polar surface area (TPSA) is 235 Å². The number of phenols is 1. The molecule has 0 aliphatic carbocycles. The first kappa shape index (κ1) is 40.9. The highest BCUT2D eigenvalue weighted by Crippen LogP contribution is 2.42. The SMILES string of the molecule is COc1c(C)c2c(c(O)c1C/C=C(\C)CCC(=O)O)C(=O)OC2.OCCN(CCO)c1nc(N2CCCCC2)c2nc(N(CCO)CCO)ncc2n1. The van der Waals surface area contributed by atoms with Crippen molar-refractivity contribution in [3.8, 4) is 11.5 Å². The van der Waals surface area contributed by atoms with Gasteiger partial charge in [-0.2, -0.15) is 4.98 Å². The first-order chi connectivity index (χ1) is 25.6. The van der Waals surface area contributed by atoms with E-state index < -0.39 is 11.9 Å². The third-order valence-corrected chi connectivity index (χ3v) is 9.13. The Morgan fingerprint density at radius 1 is 0.943 bits per heavy atom. The summed E-state index contributed by atoms with van der Waals surface area (Å²) in [6, 6.07) is 0. The van der Waals surface area contributed by atoms with Crippen LogP contribution in [0.3, 0.4) is 0 Å². The lowest BCUT2D eigenvalue weighted by atomic mass is 9.94. The Labute approximate surface area is 308 Å². The number of aromatic hydroxyl groups is 1. The number of hydrogen-bond acceptors (Lipinski definition) is 16. The summed E-state index contributed by atoms with van der Waals surface area (Å²) >= 11 is 0. The number of carboxylic acid groups (broad SMARTS) is 1. The highest BCUT2D eigenvalue weighted by Gasteiger charge is 2.32. The maximum atomic E-state index is 11.8. The molecule has 0 saturated carbocycles. The van der Waals surface area contributed by atoms with Crippen molar-refractivity contribution < 1.29 is 49.7 Å². The Morgan fingerprint density at radius 3 is 2.15 bits per heavy atom. The summed E-state index contributed by atoms with van der Waals surface area (Å²) in [5, 5.41) is 56.6. The highest BCUT2D eigenvalue weighted by molar-refractivity contribution is 5.98. The number of anilines is 3. The minimum Gasteiger partial charge on any atom is -0.507 e. The number of ether oxygens (including phenoxy) is 2. The fraction of sp³-hybridized carbons (Fsp3) is 0.556. The van der Waals surface area contributed by atoms with Crippen LogP contribution in [0.1, 0.15) is 66.1 Å². The number of carbonyl (C=O) groups is 2. The highest BCUT2D eigenvalue weighted by atomic mass is 16.5. The van der Waals surface area contributed by atoms with Gasteiger partial charge in [-0.15, -0.1) is 0 Å². The quantitative estimate of drug-likeness (QED) is 0.0854. The molecule has 0 bridgehead atoms. The fourth-order valence-corrected chi connectivity index (χ4v) is 6.33. The van der Waals surface area contributed by atoms with Crippen molar-refractivity contribution >= 4 is 40.7 Å². The van der Waals surface area contributed by atoms with Crippen molar-refractivity contribution in [1.29, 1.82) is 0 Å². The molecule has 1 saturated heterocycles. The zero-order valence-corrected chi connectivity index (χ0v) is 30.6. The summed E-state index contributed by atoms with van der Waals surface area (Å²) < 4.78 is 10.4. The second kappa shape index (κ2) is 19.8. The molecule has 4 heterocycles. The predicted octanol–water partition coefficient (Wildman–Crippen LogP) is 1.73. The lowest BCUT2D eigenvalue weighted by Gasteiger charge is -2.30. The number of allylic oxidation sites excluding steroid dienone is 2. The van der Waals surface area contributed by atoms with Crippen LogP contribution in [0, 0.1) is 6.92 Å². The van der Waals surface area contributed by atoms with Crippen LogP contribution in [-0.2, 0) is 22.6 Å². The second-order valence-corrected chi connectivity index (χ2v) is 12.7. The lowest BCUT2D eigenvalue weighted by Crippen LogP contribution is -2.34. The number of aromatic nitrogens is 4. The van der Waals surface area contributed by atoms with Crippen molar-refractivity contribution in [2.24, 2.45) is 0 Å². The van der Waals surface area contributed by atoms with Crippen molar-refractivity contribution in [3.63, 3.8) is 0 Å². The molecular formula is C36H51N7O10. The number of piperidine rings is 1. The maximum absolute atomic E-state index is 11.8. The summed E-state index contributed by atoms with van der Waals surface area (Å²) in [5.41, 5.74) is 4.22. The molecule has 3 aromatic rings. The van der Waals surface area contributed by atoms with Gasteiger partial charge in [0, 0.05) is 56.8 Å². The van der Waals surface area contributed by atoms with Crippen LogP contribution in [0.25, 0.3) is 11.0 Å². The zero-order valence-electron chi connectivity index (χ0n) is 30.6. The maximum Gasteiger partial charge on any atom is 0.342 e. The molecule has 0 atom stereocenters. The van der Waals surface area contributed by atoms with Gasteiger partial charge < -0.3 is 54.8 Å². The molecule has 2 aliphatic heterocycles. The van der Waals surface area contributed by atoms with Crippen LogP contribution in [0.15, 0.2) is 17.8 Å². The zero-order chi connectivity index (χ0) is 38.5. The number of cyclic esters (lactones) is 1. The Balaban J connectivity index is 0.000000245. The number of esters is 1. The smallest absolute Gasteiger partial charge is 0.342 e. The van der Waals surface area contributed by atoms with Crippen LogP contribution in [0.2, 0.25) is 0 Å². The molecule has 17 heteroatoms. The second-order valence-electron chi connectivity index (χ2n) is 12.7. The lowest BCUT2D eigenvalue weighted by molar-refractivity contribution is -0.136. The third-order valence-electron chi connectivity index (χ3n) is 9.13. The van der Waals surface area contributed by atoms with E-state index in [0.717, 1.165) is 37.1 Å². The molecule has 6 N–H and O–H groups in total. The van der Waals surface area contributed by atoms with Crippen LogP contribution in [-0.4, -0.2) is 135 Å². The molecule has 0 spiro atoms. The van der Waals surface area contributed by atoms with Crippen LogP contribution in [0.4, 0.5) is 17.7 Å².